The molecule has 0 aliphatic rings. The summed E-state index contributed by atoms with van der Waals surface area (Å²) in [5.74, 6) is -0.531. The van der Waals surface area contributed by atoms with Crippen LogP contribution in [0.4, 0.5) is 0 Å². The number of nitrogens with zero attached hydrogens (tertiary/aromatic N) is 1. The Hall–Kier alpha value is -3.05. The molecule has 198 valence electrons. The summed E-state index contributed by atoms with van der Waals surface area (Å²) in [5, 5.41) is 2.62. The molecule has 0 unspecified atom stereocenters. The van der Waals surface area contributed by atoms with E-state index in [2.05, 4.69) is 10.0 Å². The van der Waals surface area contributed by atoms with Crippen LogP contribution in [0.1, 0.15) is 27.8 Å². The lowest BCUT2D eigenvalue weighted by molar-refractivity contribution is -0.121. The van der Waals surface area contributed by atoms with Crippen LogP contribution in [0.5, 0.6) is 0 Å². The van der Waals surface area contributed by atoms with E-state index < -0.39 is 32.5 Å². The van der Waals surface area contributed by atoms with Crippen LogP contribution in [0.25, 0.3) is 0 Å². The van der Waals surface area contributed by atoms with Gasteiger partial charge in [0.2, 0.25) is 26.0 Å². The van der Waals surface area contributed by atoms with Crippen LogP contribution < -0.4 is 10.0 Å². The number of benzene rings is 3. The van der Waals surface area contributed by atoms with Gasteiger partial charge in [-0.2, -0.15) is 4.31 Å². The molecule has 0 saturated heterocycles. The summed E-state index contributed by atoms with van der Waals surface area (Å²) in [6, 6.07) is 19.1. The zero-order valence-corrected chi connectivity index (χ0v) is 23.1. The molecule has 0 aliphatic carbocycles. The van der Waals surface area contributed by atoms with Crippen molar-refractivity contribution in [2.45, 2.75) is 44.0 Å². The van der Waals surface area contributed by atoms with Gasteiger partial charge in [0.25, 0.3) is 0 Å². The highest BCUT2D eigenvalue weighted by atomic mass is 32.2. The maximum absolute atomic E-state index is 13.7. The number of amides is 1. The van der Waals surface area contributed by atoms with Gasteiger partial charge in [-0.1, -0.05) is 65.7 Å². The number of nitrogens with one attached hydrogen (secondary N) is 2. The summed E-state index contributed by atoms with van der Waals surface area (Å²) in [4.78, 5) is 13.1. The lowest BCUT2D eigenvalue weighted by Crippen LogP contribution is -2.42. The molecule has 0 atom stereocenters. The molecule has 2 N–H and O–H groups in total. The molecule has 3 aromatic carbocycles. The van der Waals surface area contributed by atoms with Crippen LogP contribution in [0, 0.1) is 27.7 Å². The monoisotopic (exact) mass is 543 g/mol. The highest BCUT2D eigenvalue weighted by Gasteiger charge is 2.30. The van der Waals surface area contributed by atoms with E-state index in [1.165, 1.54) is 12.1 Å². The normalized spacial score (nSPS) is 12.0. The van der Waals surface area contributed by atoms with Gasteiger partial charge >= 0.3 is 0 Å². The molecular formula is C27H33N3O5S2. The Balaban J connectivity index is 1.71. The zero-order valence-electron chi connectivity index (χ0n) is 21.5. The number of hydrogen-bond acceptors (Lipinski definition) is 5. The second-order valence-electron chi connectivity index (χ2n) is 9.05. The van der Waals surface area contributed by atoms with Gasteiger partial charge in [-0.3, -0.25) is 4.79 Å². The van der Waals surface area contributed by atoms with Crippen LogP contribution in [0.2, 0.25) is 0 Å². The van der Waals surface area contributed by atoms with E-state index in [1.54, 1.807) is 50.2 Å². The van der Waals surface area contributed by atoms with E-state index in [-0.39, 0.29) is 29.4 Å². The van der Waals surface area contributed by atoms with E-state index in [9.17, 15) is 21.6 Å². The Labute approximate surface area is 219 Å². The molecule has 1 amide bonds. The van der Waals surface area contributed by atoms with Crippen molar-refractivity contribution >= 4 is 26.0 Å². The van der Waals surface area contributed by atoms with Gasteiger partial charge in [0.1, 0.15) is 0 Å². The zero-order chi connectivity index (χ0) is 27.2. The van der Waals surface area contributed by atoms with E-state index in [0.29, 0.717) is 11.1 Å². The van der Waals surface area contributed by atoms with Crippen molar-refractivity contribution in [3.8, 4) is 0 Å². The van der Waals surface area contributed by atoms with Crippen molar-refractivity contribution in [3.63, 3.8) is 0 Å². The van der Waals surface area contributed by atoms with Crippen LogP contribution >= 0.6 is 0 Å². The van der Waals surface area contributed by atoms with Crippen LogP contribution in [-0.2, 0) is 31.4 Å². The third-order valence-electron chi connectivity index (χ3n) is 5.79. The van der Waals surface area contributed by atoms with Gasteiger partial charge in [-0.15, -0.1) is 0 Å². The first-order valence-corrected chi connectivity index (χ1v) is 14.8. The number of carbonyl (C=O) groups is 1. The Morgan fingerprint density at radius 2 is 1.38 bits per heavy atom. The predicted octanol–water partition coefficient (Wildman–Crippen LogP) is 3.21. The van der Waals surface area contributed by atoms with Crippen LogP contribution in [0.3, 0.4) is 0 Å². The van der Waals surface area contributed by atoms with Gasteiger partial charge in [0.15, 0.2) is 0 Å². The first-order valence-electron chi connectivity index (χ1n) is 11.8. The number of hydrogen-bond donors (Lipinski definition) is 2. The molecule has 10 heteroatoms. The maximum Gasteiger partial charge on any atom is 0.244 e. The molecule has 0 heterocycles. The van der Waals surface area contributed by atoms with E-state index >= 15 is 0 Å². The summed E-state index contributed by atoms with van der Waals surface area (Å²) in [7, 11) is -7.72. The van der Waals surface area contributed by atoms with Crippen molar-refractivity contribution < 1.29 is 21.6 Å². The molecule has 0 bridgehead atoms. The first kappa shape index (κ1) is 28.5. The second-order valence-corrected chi connectivity index (χ2v) is 12.7. The van der Waals surface area contributed by atoms with Crippen molar-refractivity contribution in [1.82, 2.24) is 14.3 Å². The summed E-state index contributed by atoms with van der Waals surface area (Å²) in [6.07, 6.45) is 0. The molecule has 0 fully saturated rings. The standard InChI is InChI=1S/C27H33N3O5S2/c1-20-10-12-25(13-11-20)36(32,33)29-15-14-28-26(31)19-30(18-24-8-6-5-7-9-24)37(34,35)27-22(3)16-21(2)17-23(27)4/h5-13,16-17,29H,14-15,18-19H2,1-4H3,(H,28,31). The minimum atomic E-state index is -4.00. The van der Waals surface area contributed by atoms with Gasteiger partial charge in [0, 0.05) is 19.6 Å². The van der Waals surface area contributed by atoms with Crippen molar-refractivity contribution in [1.29, 1.82) is 0 Å². The van der Waals surface area contributed by atoms with Gasteiger partial charge in [-0.25, -0.2) is 21.6 Å². The fourth-order valence-electron chi connectivity index (χ4n) is 4.12. The molecule has 0 aliphatic heterocycles. The Bertz CT molecular complexity index is 1430. The fourth-order valence-corrected chi connectivity index (χ4v) is 6.95. The average Bonchev–Trinajstić information content (AvgIpc) is 2.81. The summed E-state index contributed by atoms with van der Waals surface area (Å²) in [6.45, 7) is 6.83. The summed E-state index contributed by atoms with van der Waals surface area (Å²) < 4.78 is 55.9. The molecule has 37 heavy (non-hydrogen) atoms. The van der Waals surface area contributed by atoms with E-state index in [4.69, 9.17) is 0 Å². The third kappa shape index (κ3) is 7.48. The molecular weight excluding hydrogens is 510 g/mol. The number of aryl methyl sites for hydroxylation is 4. The highest BCUT2D eigenvalue weighted by molar-refractivity contribution is 7.89. The minimum absolute atomic E-state index is 0.00569. The topological polar surface area (TPSA) is 113 Å². The molecule has 0 radical (unpaired) electrons. The van der Waals surface area contributed by atoms with Crippen LogP contribution in [-0.4, -0.2) is 46.7 Å². The summed E-state index contributed by atoms with van der Waals surface area (Å²) >= 11 is 0. The van der Waals surface area contributed by atoms with Crippen molar-refractivity contribution in [2.24, 2.45) is 0 Å². The molecule has 0 saturated carbocycles. The Kier molecular flexibility index (Phi) is 9.25. The van der Waals surface area contributed by atoms with E-state index in [0.717, 1.165) is 21.0 Å². The number of rotatable bonds is 11. The van der Waals surface area contributed by atoms with Gasteiger partial charge in [-0.05, 0) is 56.5 Å². The quantitative estimate of drug-likeness (QED) is 0.361. The first-order chi connectivity index (χ1) is 17.4. The molecule has 0 aromatic heterocycles. The fraction of sp³-hybridized carbons (Fsp3) is 0.296. The average molecular weight is 544 g/mol. The van der Waals surface area contributed by atoms with Crippen LogP contribution in [0.15, 0.2) is 76.5 Å². The SMILES string of the molecule is Cc1ccc(S(=O)(=O)NCCNC(=O)CN(Cc2ccccc2)S(=O)(=O)c2c(C)cc(C)cc2C)cc1. The number of sulfonamides is 2. The summed E-state index contributed by atoms with van der Waals surface area (Å²) in [5.41, 5.74) is 3.86. The second kappa shape index (κ2) is 12.0. The van der Waals surface area contributed by atoms with E-state index in [1.807, 2.05) is 32.0 Å². The lowest BCUT2D eigenvalue weighted by atomic mass is 10.1. The predicted molar refractivity (Wildman–Crippen MR) is 144 cm³/mol. The number of carbonyl (C=O) groups excluding carboxylic acids is 1. The molecule has 3 aromatic rings. The third-order valence-corrected chi connectivity index (χ3v) is 9.37. The molecule has 8 nitrogen and oxygen atoms in total. The smallest absolute Gasteiger partial charge is 0.244 e. The van der Waals surface area contributed by atoms with Crippen molar-refractivity contribution in [2.75, 3.05) is 19.6 Å². The lowest BCUT2D eigenvalue weighted by Gasteiger charge is -2.24. The molecule has 3 rings (SSSR count). The molecule has 0 spiro atoms. The minimum Gasteiger partial charge on any atom is -0.354 e. The van der Waals surface area contributed by atoms with Gasteiger partial charge < -0.3 is 5.32 Å². The van der Waals surface area contributed by atoms with Crippen molar-refractivity contribution in [3.05, 3.63) is 94.5 Å². The maximum atomic E-state index is 13.7. The highest BCUT2D eigenvalue weighted by Crippen LogP contribution is 2.26. The Morgan fingerprint density at radius 1 is 0.784 bits per heavy atom. The Morgan fingerprint density at radius 3 is 1.97 bits per heavy atom. The van der Waals surface area contributed by atoms with Gasteiger partial charge in [0.05, 0.1) is 16.3 Å². The largest absolute Gasteiger partial charge is 0.354 e.